The van der Waals surface area contributed by atoms with Crippen LogP contribution in [0, 0.1) is 0 Å². The molecule has 0 heterocycles. The summed E-state index contributed by atoms with van der Waals surface area (Å²) < 4.78 is 0. The van der Waals surface area contributed by atoms with Crippen LogP contribution in [0.1, 0.15) is 49.8 Å². The fraction of sp³-hybridized carbons (Fsp3) is 0.538. The van der Waals surface area contributed by atoms with E-state index in [2.05, 4.69) is 19.6 Å². The molecular formula is C13H20OS. The lowest BCUT2D eigenvalue weighted by atomic mass is 10.0. The van der Waals surface area contributed by atoms with Crippen LogP contribution in [0.3, 0.4) is 0 Å². The Morgan fingerprint density at radius 3 is 2.60 bits per heavy atom. The molecule has 1 aromatic rings. The molecule has 1 unspecified atom stereocenters. The number of hydrogen-bond acceptors (Lipinski definition) is 2. The average molecular weight is 224 g/mol. The minimum absolute atomic E-state index is 0.169. The summed E-state index contributed by atoms with van der Waals surface area (Å²) in [6.45, 7) is 2.21. The van der Waals surface area contributed by atoms with Crippen LogP contribution in [-0.2, 0) is 0 Å². The van der Waals surface area contributed by atoms with Gasteiger partial charge < -0.3 is 5.11 Å². The van der Waals surface area contributed by atoms with Crippen LogP contribution < -0.4 is 0 Å². The summed E-state index contributed by atoms with van der Waals surface area (Å²) in [4.78, 5) is 0. The molecule has 1 N–H and O–H groups in total. The first-order chi connectivity index (χ1) is 7.25. The molecule has 1 aromatic carbocycles. The molecule has 1 rings (SSSR count). The van der Waals surface area contributed by atoms with Crippen molar-refractivity contribution in [2.24, 2.45) is 0 Å². The number of para-hydroxylation sites is 1. The van der Waals surface area contributed by atoms with Gasteiger partial charge in [0.2, 0.25) is 0 Å². The van der Waals surface area contributed by atoms with Crippen LogP contribution >= 0.6 is 12.6 Å². The Labute approximate surface area is 97.9 Å². The van der Waals surface area contributed by atoms with E-state index in [1.165, 1.54) is 25.7 Å². The van der Waals surface area contributed by atoms with Gasteiger partial charge in [-0.2, -0.15) is 12.6 Å². The van der Waals surface area contributed by atoms with Crippen LogP contribution in [0.5, 0.6) is 5.75 Å². The molecule has 0 bridgehead atoms. The predicted octanol–water partition coefficient (Wildman–Crippen LogP) is 4.33. The summed E-state index contributed by atoms with van der Waals surface area (Å²) in [5.41, 5.74) is 0.956. The number of unbranched alkanes of at least 4 members (excludes halogenated alkanes) is 3. The Hall–Kier alpha value is -0.630. The second-order valence-electron chi connectivity index (χ2n) is 3.92. The van der Waals surface area contributed by atoms with Gasteiger partial charge in [0, 0.05) is 10.8 Å². The maximum atomic E-state index is 9.63. The minimum atomic E-state index is 0.169. The fourth-order valence-corrected chi connectivity index (χ4v) is 2.09. The van der Waals surface area contributed by atoms with Gasteiger partial charge in [-0.15, -0.1) is 0 Å². The van der Waals surface area contributed by atoms with Gasteiger partial charge in [-0.25, -0.2) is 0 Å². The van der Waals surface area contributed by atoms with Crippen LogP contribution in [-0.4, -0.2) is 5.11 Å². The highest BCUT2D eigenvalue weighted by Gasteiger charge is 2.09. The smallest absolute Gasteiger partial charge is 0.119 e. The van der Waals surface area contributed by atoms with Crippen molar-refractivity contribution in [2.75, 3.05) is 0 Å². The highest BCUT2D eigenvalue weighted by Crippen LogP contribution is 2.32. The molecular weight excluding hydrogens is 204 g/mol. The summed E-state index contributed by atoms with van der Waals surface area (Å²) >= 11 is 4.53. The number of phenols is 1. The molecule has 0 aliphatic heterocycles. The first-order valence-corrected chi connectivity index (χ1v) is 6.23. The van der Waals surface area contributed by atoms with E-state index >= 15 is 0 Å². The predicted molar refractivity (Wildman–Crippen MR) is 68.6 cm³/mol. The molecule has 0 aromatic heterocycles. The standard InChI is InChI=1S/C13H20OS/c1-2-3-4-5-10-13(15)11-8-6-7-9-12(11)14/h6-9,13-15H,2-5,10H2,1H3. The Bertz CT molecular complexity index is 286. The van der Waals surface area contributed by atoms with E-state index in [-0.39, 0.29) is 5.25 Å². The average Bonchev–Trinajstić information content (AvgIpc) is 2.25. The van der Waals surface area contributed by atoms with Gasteiger partial charge >= 0.3 is 0 Å². The molecule has 0 aliphatic carbocycles. The van der Waals surface area contributed by atoms with E-state index in [4.69, 9.17) is 0 Å². The van der Waals surface area contributed by atoms with E-state index in [9.17, 15) is 5.11 Å². The van der Waals surface area contributed by atoms with Gasteiger partial charge in [0.05, 0.1) is 0 Å². The molecule has 0 saturated carbocycles. The highest BCUT2D eigenvalue weighted by molar-refractivity contribution is 7.80. The van der Waals surface area contributed by atoms with Crippen LogP contribution in [0.2, 0.25) is 0 Å². The normalized spacial score (nSPS) is 12.7. The van der Waals surface area contributed by atoms with Crippen molar-refractivity contribution in [1.29, 1.82) is 0 Å². The molecule has 0 fully saturated rings. The largest absolute Gasteiger partial charge is 0.508 e. The van der Waals surface area contributed by atoms with Crippen LogP contribution in [0.25, 0.3) is 0 Å². The van der Waals surface area contributed by atoms with Crippen molar-refractivity contribution >= 4 is 12.6 Å². The van der Waals surface area contributed by atoms with Crippen molar-refractivity contribution in [2.45, 2.75) is 44.3 Å². The van der Waals surface area contributed by atoms with Gasteiger partial charge in [-0.1, -0.05) is 50.8 Å². The maximum Gasteiger partial charge on any atom is 0.119 e. The topological polar surface area (TPSA) is 20.2 Å². The zero-order valence-electron chi connectivity index (χ0n) is 9.32. The summed E-state index contributed by atoms with van der Waals surface area (Å²) in [5, 5.41) is 9.80. The molecule has 84 valence electrons. The number of phenolic OH excluding ortho intramolecular Hbond substituents is 1. The second-order valence-corrected chi connectivity index (χ2v) is 4.55. The van der Waals surface area contributed by atoms with Gasteiger partial charge in [-0.05, 0) is 12.5 Å². The summed E-state index contributed by atoms with van der Waals surface area (Å²) in [6.07, 6.45) is 6.05. The number of benzene rings is 1. The lowest BCUT2D eigenvalue weighted by molar-refractivity contribution is 0.465. The van der Waals surface area contributed by atoms with Crippen molar-refractivity contribution in [3.8, 4) is 5.75 Å². The maximum absolute atomic E-state index is 9.63. The lowest BCUT2D eigenvalue weighted by Gasteiger charge is -2.12. The Morgan fingerprint density at radius 1 is 1.20 bits per heavy atom. The zero-order chi connectivity index (χ0) is 11.1. The van der Waals surface area contributed by atoms with E-state index in [1.54, 1.807) is 6.07 Å². The quantitative estimate of drug-likeness (QED) is 0.544. The monoisotopic (exact) mass is 224 g/mol. The van der Waals surface area contributed by atoms with Gasteiger partial charge in [0.25, 0.3) is 0 Å². The van der Waals surface area contributed by atoms with Crippen molar-refractivity contribution in [3.63, 3.8) is 0 Å². The number of hydrogen-bond donors (Lipinski definition) is 2. The first kappa shape index (κ1) is 12.4. The Balaban J connectivity index is 2.40. The molecule has 0 spiro atoms. The second kappa shape index (κ2) is 6.78. The lowest BCUT2D eigenvalue weighted by Crippen LogP contribution is -1.91. The zero-order valence-corrected chi connectivity index (χ0v) is 10.2. The molecule has 0 aliphatic rings. The molecule has 0 saturated heterocycles. The van der Waals surface area contributed by atoms with Gasteiger partial charge in [0.15, 0.2) is 0 Å². The molecule has 2 heteroatoms. The number of aromatic hydroxyl groups is 1. The molecule has 1 nitrogen and oxygen atoms in total. The third-order valence-corrected chi connectivity index (χ3v) is 3.16. The Morgan fingerprint density at radius 2 is 1.93 bits per heavy atom. The third-order valence-electron chi connectivity index (χ3n) is 2.63. The Kier molecular flexibility index (Phi) is 5.62. The molecule has 15 heavy (non-hydrogen) atoms. The SMILES string of the molecule is CCCCCCC(S)c1ccccc1O. The van der Waals surface area contributed by atoms with Crippen molar-refractivity contribution < 1.29 is 5.11 Å². The van der Waals surface area contributed by atoms with Crippen molar-refractivity contribution in [1.82, 2.24) is 0 Å². The first-order valence-electron chi connectivity index (χ1n) is 5.71. The number of thiol groups is 1. The summed E-state index contributed by atoms with van der Waals surface area (Å²) in [5.74, 6) is 0.369. The van der Waals surface area contributed by atoms with Gasteiger partial charge in [-0.3, -0.25) is 0 Å². The van der Waals surface area contributed by atoms with E-state index < -0.39 is 0 Å². The summed E-state index contributed by atoms with van der Waals surface area (Å²) in [7, 11) is 0. The minimum Gasteiger partial charge on any atom is -0.508 e. The van der Waals surface area contributed by atoms with E-state index in [0.29, 0.717) is 5.75 Å². The summed E-state index contributed by atoms with van der Waals surface area (Å²) in [6, 6.07) is 7.47. The molecule has 0 amide bonds. The van der Waals surface area contributed by atoms with Crippen LogP contribution in [0.15, 0.2) is 24.3 Å². The fourth-order valence-electron chi connectivity index (χ4n) is 1.69. The van der Waals surface area contributed by atoms with Crippen LogP contribution in [0.4, 0.5) is 0 Å². The molecule has 1 atom stereocenters. The molecule has 0 radical (unpaired) electrons. The van der Waals surface area contributed by atoms with Gasteiger partial charge in [0.1, 0.15) is 5.75 Å². The third kappa shape index (κ3) is 4.17. The van der Waals surface area contributed by atoms with E-state index in [1.807, 2.05) is 18.2 Å². The highest BCUT2D eigenvalue weighted by atomic mass is 32.1. The van der Waals surface area contributed by atoms with Crippen molar-refractivity contribution in [3.05, 3.63) is 29.8 Å². The van der Waals surface area contributed by atoms with E-state index in [0.717, 1.165) is 12.0 Å². The number of rotatable bonds is 6.